The van der Waals surface area contributed by atoms with E-state index in [4.69, 9.17) is 4.42 Å². The van der Waals surface area contributed by atoms with E-state index in [0.29, 0.717) is 0 Å². The molecule has 0 unspecified atom stereocenters. The van der Waals surface area contributed by atoms with Gasteiger partial charge in [0, 0.05) is 63.3 Å². The fourth-order valence-electron chi connectivity index (χ4n) is 9.34. The largest absolute Gasteiger partial charge is 0.456 e. The van der Waals surface area contributed by atoms with Crippen LogP contribution in [0.15, 0.2) is 242 Å². The number of fused-ring (bicyclic) bond motifs is 9. The molecule has 3 nitrogen and oxygen atoms in total. The molecule has 12 rings (SSSR count). The summed E-state index contributed by atoms with van der Waals surface area (Å²) < 4.78 is 11.3. The second kappa shape index (κ2) is 14.5. The van der Waals surface area contributed by atoms with Crippen LogP contribution in [0, 0.1) is 0 Å². The van der Waals surface area contributed by atoms with Gasteiger partial charge in [0.05, 0.1) is 22.1 Å². The topological polar surface area (TPSA) is 23.0 Å². The van der Waals surface area contributed by atoms with Gasteiger partial charge in [-0.15, -0.1) is 10.0 Å². The van der Waals surface area contributed by atoms with Gasteiger partial charge >= 0.3 is 0 Å². The van der Waals surface area contributed by atoms with E-state index in [0.717, 1.165) is 33.3 Å². The lowest BCUT2D eigenvalue weighted by Gasteiger charge is -2.42. The summed E-state index contributed by atoms with van der Waals surface area (Å²) in [5.74, 6) is 0. The summed E-state index contributed by atoms with van der Waals surface area (Å²) in [5.41, 5.74) is 8.71. The lowest BCUT2D eigenvalue weighted by atomic mass is 10.1. The van der Waals surface area contributed by atoms with Crippen molar-refractivity contribution in [3.05, 3.63) is 218 Å². The molecule has 288 valence electrons. The van der Waals surface area contributed by atoms with Crippen LogP contribution in [0.5, 0.6) is 0 Å². The van der Waals surface area contributed by atoms with E-state index >= 15 is 0 Å². The Balaban J connectivity index is 0.00000201. The Kier molecular flexibility index (Phi) is 8.68. The number of hydrogen-bond donors (Lipinski definition) is 0. The molecule has 3 heterocycles. The van der Waals surface area contributed by atoms with Crippen LogP contribution in [0.25, 0.3) is 76.9 Å². The van der Waals surface area contributed by atoms with Crippen molar-refractivity contribution in [2.24, 2.45) is 0 Å². The van der Waals surface area contributed by atoms with Crippen LogP contribution in [0.3, 0.4) is 0 Å². The molecule has 0 aliphatic rings. The van der Waals surface area contributed by atoms with Crippen molar-refractivity contribution in [3.8, 4) is 11.4 Å². The Morgan fingerprint density at radius 1 is 0.300 bits per heavy atom. The van der Waals surface area contributed by atoms with Crippen molar-refractivity contribution in [2.75, 3.05) is 0 Å². The third-order valence-electron chi connectivity index (χ3n) is 11.8. The zero-order valence-electron chi connectivity index (χ0n) is 33.5. The highest BCUT2D eigenvalue weighted by Crippen LogP contribution is 2.73. The molecule has 60 heavy (non-hydrogen) atoms. The number of furan rings is 1. The van der Waals surface area contributed by atoms with E-state index in [9.17, 15) is 0 Å². The molecule has 3 aromatic heterocycles. The maximum absolute atomic E-state index is 6.51. The van der Waals surface area contributed by atoms with Crippen molar-refractivity contribution in [3.63, 3.8) is 0 Å². The molecule has 0 spiro atoms. The summed E-state index contributed by atoms with van der Waals surface area (Å²) in [7, 11) is -1.85. The standard InChI is InChI=1S/C54H36N2OS.C2H6/c1-4-16-39(17-5-1)58(40-18-6-2-7-19-40,41-20-8-3-9-21-41)42-30-31-52-46(36-42)45-24-12-15-27-51(45)56(52)38-29-33-54-48(35-38)47-34-37(28-32-53(47)57-54)55-49-25-13-10-22-43(49)44-23-11-14-26-50(44)55;1-2/h1-36H;1-2H3. The van der Waals surface area contributed by atoms with Gasteiger partial charge in [-0.05, 0) is 109 Å². The molecule has 12 aromatic rings. The van der Waals surface area contributed by atoms with Gasteiger partial charge in [0.2, 0.25) is 0 Å². The molecular formula is C56H42N2OS. The fraction of sp³-hybridized carbons (Fsp3) is 0.0357. The average Bonchev–Trinajstić information content (AvgIpc) is 3.98. The highest BCUT2D eigenvalue weighted by molar-refractivity contribution is 8.34. The lowest BCUT2D eigenvalue weighted by molar-refractivity contribution is 0.669. The van der Waals surface area contributed by atoms with Crippen molar-refractivity contribution in [1.82, 2.24) is 9.13 Å². The van der Waals surface area contributed by atoms with Gasteiger partial charge in [0.1, 0.15) is 11.2 Å². The Labute approximate surface area is 350 Å². The summed E-state index contributed by atoms with van der Waals surface area (Å²) in [6, 6.07) is 79.8. The van der Waals surface area contributed by atoms with Crippen molar-refractivity contribution < 1.29 is 4.42 Å². The smallest absolute Gasteiger partial charge is 0.135 e. The summed E-state index contributed by atoms with van der Waals surface area (Å²) in [6.45, 7) is 4.00. The summed E-state index contributed by atoms with van der Waals surface area (Å²) >= 11 is 0. The predicted octanol–water partition coefficient (Wildman–Crippen LogP) is 16.1. The van der Waals surface area contributed by atoms with E-state index in [1.807, 2.05) is 13.8 Å². The Morgan fingerprint density at radius 3 is 1.10 bits per heavy atom. The molecule has 0 N–H and O–H groups in total. The number of benzene rings is 9. The quantitative estimate of drug-likeness (QED) is 0.164. The van der Waals surface area contributed by atoms with E-state index in [2.05, 4.69) is 228 Å². The van der Waals surface area contributed by atoms with Gasteiger partial charge in [-0.2, -0.15) is 0 Å². The molecule has 0 aliphatic heterocycles. The monoisotopic (exact) mass is 790 g/mol. The normalized spacial score (nSPS) is 12.1. The first kappa shape index (κ1) is 35.9. The van der Waals surface area contributed by atoms with Crippen LogP contribution in [0.1, 0.15) is 13.8 Å². The summed E-state index contributed by atoms with van der Waals surface area (Å²) in [5, 5.41) is 7.16. The molecular weight excluding hydrogens is 749 g/mol. The first-order chi connectivity index (χ1) is 29.8. The van der Waals surface area contributed by atoms with Crippen LogP contribution in [0.4, 0.5) is 0 Å². The van der Waals surface area contributed by atoms with Crippen LogP contribution < -0.4 is 0 Å². The van der Waals surface area contributed by atoms with E-state index in [1.165, 1.54) is 63.2 Å². The second-order valence-corrected chi connectivity index (χ2v) is 18.0. The van der Waals surface area contributed by atoms with Crippen molar-refractivity contribution in [1.29, 1.82) is 0 Å². The first-order valence-electron chi connectivity index (χ1n) is 20.7. The zero-order chi connectivity index (χ0) is 40.2. The fourth-order valence-corrected chi connectivity index (χ4v) is 13.2. The van der Waals surface area contributed by atoms with Gasteiger partial charge in [-0.1, -0.05) is 123 Å². The Morgan fingerprint density at radius 2 is 0.667 bits per heavy atom. The van der Waals surface area contributed by atoms with Crippen LogP contribution in [0.2, 0.25) is 0 Å². The molecule has 0 radical (unpaired) electrons. The molecule has 4 heteroatoms. The van der Waals surface area contributed by atoms with Crippen molar-refractivity contribution in [2.45, 2.75) is 33.4 Å². The minimum absolute atomic E-state index is 0.878. The molecule has 9 aromatic carbocycles. The number of aromatic nitrogens is 2. The number of nitrogens with zero attached hydrogens (tertiary/aromatic N) is 2. The molecule has 0 fully saturated rings. The SMILES string of the molecule is CC.c1ccc(S(c2ccccc2)(c2ccccc2)c2ccc3c(c2)c2ccccc2n3-c2ccc3oc4ccc(-n5c6ccccc6c6ccccc65)cc4c3c2)cc1. The molecule has 0 atom stereocenters. The number of para-hydroxylation sites is 3. The second-order valence-electron chi connectivity index (χ2n) is 14.9. The van der Waals surface area contributed by atoms with Gasteiger partial charge < -0.3 is 13.6 Å². The molecule has 0 amide bonds. The van der Waals surface area contributed by atoms with Gasteiger partial charge in [0.25, 0.3) is 0 Å². The summed E-state index contributed by atoms with van der Waals surface area (Å²) in [6.07, 6.45) is 0. The Bertz CT molecular complexity index is 3360. The van der Waals surface area contributed by atoms with E-state index in [1.54, 1.807) is 0 Å². The summed E-state index contributed by atoms with van der Waals surface area (Å²) in [4.78, 5) is 5.24. The maximum atomic E-state index is 6.51. The van der Waals surface area contributed by atoms with Crippen LogP contribution >= 0.6 is 10.0 Å². The first-order valence-corrected chi connectivity index (χ1v) is 22.4. The molecule has 0 aliphatic carbocycles. The van der Waals surface area contributed by atoms with E-state index in [-0.39, 0.29) is 0 Å². The van der Waals surface area contributed by atoms with Gasteiger partial charge in [0.15, 0.2) is 0 Å². The number of rotatable bonds is 6. The highest BCUT2D eigenvalue weighted by atomic mass is 32.3. The van der Waals surface area contributed by atoms with Gasteiger partial charge in [-0.25, -0.2) is 0 Å². The molecule has 0 saturated carbocycles. The van der Waals surface area contributed by atoms with E-state index < -0.39 is 10.0 Å². The minimum atomic E-state index is -1.85. The lowest BCUT2D eigenvalue weighted by Crippen LogP contribution is -2.05. The molecule has 0 saturated heterocycles. The van der Waals surface area contributed by atoms with Crippen molar-refractivity contribution >= 4 is 75.6 Å². The minimum Gasteiger partial charge on any atom is -0.456 e. The zero-order valence-corrected chi connectivity index (χ0v) is 34.3. The molecule has 0 bridgehead atoms. The predicted molar refractivity (Wildman–Crippen MR) is 254 cm³/mol. The van der Waals surface area contributed by atoms with Crippen LogP contribution in [-0.2, 0) is 0 Å². The highest BCUT2D eigenvalue weighted by Gasteiger charge is 2.33. The third-order valence-corrected chi connectivity index (χ3v) is 15.7. The average molecular weight is 791 g/mol. The third kappa shape index (κ3) is 5.38. The number of hydrogen-bond acceptors (Lipinski definition) is 1. The Hall–Kier alpha value is -7.27. The maximum Gasteiger partial charge on any atom is 0.135 e. The van der Waals surface area contributed by atoms with Gasteiger partial charge in [-0.3, -0.25) is 0 Å². The van der Waals surface area contributed by atoms with Crippen LogP contribution in [-0.4, -0.2) is 9.13 Å².